The van der Waals surface area contributed by atoms with Crippen LogP contribution in [-0.2, 0) is 6.42 Å². The summed E-state index contributed by atoms with van der Waals surface area (Å²) < 4.78 is 0. The molecule has 0 fully saturated rings. The molecule has 0 aliphatic rings. The number of carbonyl (C=O) groups is 1. The van der Waals surface area contributed by atoms with Gasteiger partial charge in [0.25, 0.3) is 0 Å². The predicted molar refractivity (Wildman–Crippen MR) is 54.2 cm³/mol. The minimum Gasteiger partial charge on any atom is -0.508 e. The number of aldehydes is 1. The number of benzene rings is 1. The van der Waals surface area contributed by atoms with E-state index in [0.29, 0.717) is 5.56 Å². The smallest absolute Gasteiger partial charge is 0.150 e. The fourth-order valence-corrected chi connectivity index (χ4v) is 0.962. The number of hydrogen-bond acceptors (Lipinski definition) is 2. The highest BCUT2D eigenvalue weighted by atomic mass is 16.3. The molecular weight excluding hydrogens is 164 g/mol. The zero-order valence-corrected chi connectivity index (χ0v) is 8.37. The van der Waals surface area contributed by atoms with E-state index in [1.165, 1.54) is 0 Å². The van der Waals surface area contributed by atoms with Crippen molar-refractivity contribution >= 4 is 6.29 Å². The van der Waals surface area contributed by atoms with Crippen LogP contribution in [0.25, 0.3) is 0 Å². The molecular formula is C11H16O2. The van der Waals surface area contributed by atoms with Crippen LogP contribution < -0.4 is 0 Å². The van der Waals surface area contributed by atoms with Gasteiger partial charge in [-0.3, -0.25) is 4.79 Å². The molecule has 1 aromatic carbocycles. The Balaban J connectivity index is 0.000000671. The maximum absolute atomic E-state index is 10.3. The number of phenols is 1. The SMILES string of the molecule is CC.CCc1cc(C=O)ccc1O. The van der Waals surface area contributed by atoms with Crippen molar-refractivity contribution in [1.82, 2.24) is 0 Å². The Morgan fingerprint density at radius 3 is 2.46 bits per heavy atom. The lowest BCUT2D eigenvalue weighted by Crippen LogP contribution is -1.85. The first-order valence-electron chi connectivity index (χ1n) is 4.55. The maximum Gasteiger partial charge on any atom is 0.150 e. The summed E-state index contributed by atoms with van der Waals surface area (Å²) in [5.74, 6) is 0.262. The molecule has 0 aliphatic heterocycles. The number of aryl methyl sites for hydroxylation is 1. The molecule has 0 aliphatic carbocycles. The first-order chi connectivity index (χ1) is 6.27. The van der Waals surface area contributed by atoms with Crippen LogP contribution in [0.2, 0.25) is 0 Å². The van der Waals surface area contributed by atoms with Gasteiger partial charge in [0, 0.05) is 5.56 Å². The van der Waals surface area contributed by atoms with Gasteiger partial charge in [0.05, 0.1) is 0 Å². The van der Waals surface area contributed by atoms with E-state index in [1.54, 1.807) is 18.2 Å². The Bertz CT molecular complexity index is 267. The van der Waals surface area contributed by atoms with Crippen molar-refractivity contribution in [1.29, 1.82) is 0 Å². The van der Waals surface area contributed by atoms with Crippen LogP contribution >= 0.6 is 0 Å². The lowest BCUT2D eigenvalue weighted by molar-refractivity contribution is 0.112. The van der Waals surface area contributed by atoms with Crippen LogP contribution in [0.3, 0.4) is 0 Å². The van der Waals surface area contributed by atoms with Gasteiger partial charge < -0.3 is 5.11 Å². The van der Waals surface area contributed by atoms with E-state index in [9.17, 15) is 9.90 Å². The largest absolute Gasteiger partial charge is 0.508 e. The van der Waals surface area contributed by atoms with Crippen molar-refractivity contribution in [2.75, 3.05) is 0 Å². The molecule has 2 heteroatoms. The fourth-order valence-electron chi connectivity index (χ4n) is 0.962. The Hall–Kier alpha value is -1.31. The summed E-state index contributed by atoms with van der Waals surface area (Å²) in [6.07, 6.45) is 1.52. The monoisotopic (exact) mass is 180 g/mol. The summed E-state index contributed by atoms with van der Waals surface area (Å²) >= 11 is 0. The third-order valence-electron chi connectivity index (χ3n) is 1.62. The highest BCUT2D eigenvalue weighted by molar-refractivity contribution is 5.75. The lowest BCUT2D eigenvalue weighted by Gasteiger charge is -2.00. The lowest BCUT2D eigenvalue weighted by atomic mass is 10.1. The third kappa shape index (κ3) is 3.28. The highest BCUT2D eigenvalue weighted by Crippen LogP contribution is 2.17. The molecule has 72 valence electrons. The summed E-state index contributed by atoms with van der Waals surface area (Å²) in [5.41, 5.74) is 1.43. The van der Waals surface area contributed by atoms with Crippen molar-refractivity contribution in [2.24, 2.45) is 0 Å². The Morgan fingerprint density at radius 2 is 2.00 bits per heavy atom. The van der Waals surface area contributed by atoms with Crippen LogP contribution in [0.15, 0.2) is 18.2 Å². The van der Waals surface area contributed by atoms with Crippen molar-refractivity contribution < 1.29 is 9.90 Å². The molecule has 0 saturated carbocycles. The molecule has 0 atom stereocenters. The first-order valence-corrected chi connectivity index (χ1v) is 4.55. The average Bonchev–Trinajstić information content (AvgIpc) is 2.22. The molecule has 0 unspecified atom stereocenters. The Morgan fingerprint density at radius 1 is 1.38 bits per heavy atom. The fraction of sp³-hybridized carbons (Fsp3) is 0.364. The average molecular weight is 180 g/mol. The van der Waals surface area contributed by atoms with Gasteiger partial charge >= 0.3 is 0 Å². The van der Waals surface area contributed by atoms with Crippen molar-refractivity contribution in [3.8, 4) is 5.75 Å². The van der Waals surface area contributed by atoms with E-state index in [-0.39, 0.29) is 5.75 Å². The van der Waals surface area contributed by atoms with E-state index in [4.69, 9.17) is 0 Å². The second kappa shape index (κ2) is 6.23. The predicted octanol–water partition coefficient (Wildman–Crippen LogP) is 2.79. The molecule has 1 rings (SSSR count). The summed E-state index contributed by atoms with van der Waals surface area (Å²) in [7, 11) is 0. The summed E-state index contributed by atoms with van der Waals surface area (Å²) in [6.45, 7) is 5.93. The van der Waals surface area contributed by atoms with E-state index < -0.39 is 0 Å². The number of hydrogen-bond donors (Lipinski definition) is 1. The molecule has 1 N–H and O–H groups in total. The van der Waals surface area contributed by atoms with Crippen LogP contribution in [0, 0.1) is 0 Å². The number of aromatic hydroxyl groups is 1. The van der Waals surface area contributed by atoms with Gasteiger partial charge in [0.1, 0.15) is 12.0 Å². The minimum absolute atomic E-state index is 0.262. The van der Waals surface area contributed by atoms with E-state index >= 15 is 0 Å². The van der Waals surface area contributed by atoms with E-state index in [1.807, 2.05) is 20.8 Å². The Kier molecular flexibility index (Phi) is 5.60. The van der Waals surface area contributed by atoms with E-state index in [0.717, 1.165) is 18.3 Å². The first kappa shape index (κ1) is 11.7. The van der Waals surface area contributed by atoms with Gasteiger partial charge in [-0.2, -0.15) is 0 Å². The van der Waals surface area contributed by atoms with Gasteiger partial charge in [0.2, 0.25) is 0 Å². The van der Waals surface area contributed by atoms with Gasteiger partial charge in [-0.05, 0) is 30.2 Å². The molecule has 0 spiro atoms. The van der Waals surface area contributed by atoms with Crippen LogP contribution in [0.4, 0.5) is 0 Å². The molecule has 1 aromatic rings. The molecule has 0 heterocycles. The molecule has 0 bridgehead atoms. The molecule has 13 heavy (non-hydrogen) atoms. The van der Waals surface area contributed by atoms with Gasteiger partial charge in [-0.25, -0.2) is 0 Å². The quantitative estimate of drug-likeness (QED) is 0.710. The van der Waals surface area contributed by atoms with Crippen molar-refractivity contribution in [3.63, 3.8) is 0 Å². The molecule has 0 aromatic heterocycles. The molecule has 0 saturated heterocycles. The normalized spacial score (nSPS) is 8.54. The summed E-state index contributed by atoms with van der Waals surface area (Å²) in [5, 5.41) is 9.21. The van der Waals surface area contributed by atoms with Crippen LogP contribution in [-0.4, -0.2) is 11.4 Å². The second-order valence-electron chi connectivity index (χ2n) is 2.36. The van der Waals surface area contributed by atoms with Gasteiger partial charge in [-0.1, -0.05) is 20.8 Å². The topological polar surface area (TPSA) is 37.3 Å². The van der Waals surface area contributed by atoms with Gasteiger partial charge in [0.15, 0.2) is 0 Å². The number of phenolic OH excluding ortho intramolecular Hbond substituents is 1. The van der Waals surface area contributed by atoms with Gasteiger partial charge in [-0.15, -0.1) is 0 Å². The molecule has 0 amide bonds. The number of rotatable bonds is 2. The highest BCUT2D eigenvalue weighted by Gasteiger charge is 1.98. The van der Waals surface area contributed by atoms with Crippen molar-refractivity contribution in [3.05, 3.63) is 29.3 Å². The summed E-state index contributed by atoms with van der Waals surface area (Å²) in [6, 6.07) is 4.84. The minimum atomic E-state index is 0.262. The zero-order chi connectivity index (χ0) is 10.3. The zero-order valence-electron chi connectivity index (χ0n) is 8.37. The second-order valence-corrected chi connectivity index (χ2v) is 2.36. The standard InChI is InChI=1S/C9H10O2.C2H6/c1-2-8-5-7(6-10)3-4-9(8)11;1-2/h3-6,11H,2H2,1H3;1-2H3. The maximum atomic E-state index is 10.3. The molecule has 0 radical (unpaired) electrons. The molecule has 2 nitrogen and oxygen atoms in total. The Labute approximate surface area is 79.2 Å². The number of carbonyl (C=O) groups excluding carboxylic acids is 1. The van der Waals surface area contributed by atoms with E-state index in [2.05, 4.69) is 0 Å². The van der Waals surface area contributed by atoms with Crippen LogP contribution in [0.1, 0.15) is 36.7 Å². The van der Waals surface area contributed by atoms with Crippen molar-refractivity contribution in [2.45, 2.75) is 27.2 Å². The third-order valence-corrected chi connectivity index (χ3v) is 1.62. The van der Waals surface area contributed by atoms with Crippen LogP contribution in [0.5, 0.6) is 5.75 Å². The summed E-state index contributed by atoms with van der Waals surface area (Å²) in [4.78, 5) is 10.3.